The molecule has 0 heterocycles. The van der Waals surface area contributed by atoms with Crippen molar-refractivity contribution in [3.63, 3.8) is 0 Å². The Bertz CT molecular complexity index is 331. The van der Waals surface area contributed by atoms with Crippen LogP contribution in [0.2, 0.25) is 0 Å². The lowest BCUT2D eigenvalue weighted by molar-refractivity contribution is 0.0399. The van der Waals surface area contributed by atoms with Gasteiger partial charge >= 0.3 is 0 Å². The van der Waals surface area contributed by atoms with Crippen molar-refractivity contribution in [3.05, 3.63) is 35.1 Å². The molecule has 0 radical (unpaired) electrons. The standard InChI is InChI=1S/C13H20FNO2/c1-2-6-16-7-8-17-10-12-5-3-4-11(9-15)13(12)14/h3-5H,2,6-10,15H2,1H3. The molecule has 0 aliphatic carbocycles. The normalized spacial score (nSPS) is 10.8. The first-order chi connectivity index (χ1) is 8.29. The molecule has 0 atom stereocenters. The van der Waals surface area contributed by atoms with E-state index >= 15 is 0 Å². The SMILES string of the molecule is CCCOCCOCc1cccc(CN)c1F. The lowest BCUT2D eigenvalue weighted by atomic mass is 10.1. The van der Waals surface area contributed by atoms with Gasteiger partial charge in [-0.2, -0.15) is 0 Å². The van der Waals surface area contributed by atoms with Crippen LogP contribution in [0.4, 0.5) is 4.39 Å². The smallest absolute Gasteiger partial charge is 0.133 e. The Morgan fingerprint density at radius 1 is 1.12 bits per heavy atom. The van der Waals surface area contributed by atoms with Gasteiger partial charge < -0.3 is 15.2 Å². The van der Waals surface area contributed by atoms with Crippen molar-refractivity contribution in [2.45, 2.75) is 26.5 Å². The van der Waals surface area contributed by atoms with E-state index in [1.807, 2.05) is 0 Å². The van der Waals surface area contributed by atoms with E-state index in [4.69, 9.17) is 15.2 Å². The number of ether oxygens (including phenoxy) is 2. The van der Waals surface area contributed by atoms with Crippen LogP contribution in [0, 0.1) is 5.82 Å². The molecule has 0 saturated carbocycles. The van der Waals surface area contributed by atoms with E-state index in [9.17, 15) is 4.39 Å². The van der Waals surface area contributed by atoms with E-state index in [2.05, 4.69) is 6.92 Å². The van der Waals surface area contributed by atoms with Gasteiger partial charge in [0.25, 0.3) is 0 Å². The monoisotopic (exact) mass is 241 g/mol. The Labute approximate surface area is 102 Å². The minimum atomic E-state index is -0.260. The highest BCUT2D eigenvalue weighted by Crippen LogP contribution is 2.13. The fourth-order valence-electron chi connectivity index (χ4n) is 1.45. The van der Waals surface area contributed by atoms with Crippen molar-refractivity contribution in [1.29, 1.82) is 0 Å². The maximum Gasteiger partial charge on any atom is 0.133 e. The zero-order valence-electron chi connectivity index (χ0n) is 10.2. The van der Waals surface area contributed by atoms with Gasteiger partial charge in [0.2, 0.25) is 0 Å². The number of benzene rings is 1. The summed E-state index contributed by atoms with van der Waals surface area (Å²) in [6.07, 6.45) is 0.993. The van der Waals surface area contributed by atoms with E-state index in [0.29, 0.717) is 24.3 Å². The highest BCUT2D eigenvalue weighted by Gasteiger charge is 2.06. The zero-order chi connectivity index (χ0) is 12.5. The van der Waals surface area contributed by atoms with Gasteiger partial charge in [0.1, 0.15) is 5.82 Å². The Morgan fingerprint density at radius 3 is 2.53 bits per heavy atom. The molecule has 0 aliphatic heterocycles. The third-order valence-corrected chi connectivity index (χ3v) is 2.36. The average Bonchev–Trinajstić information content (AvgIpc) is 2.35. The Kier molecular flexibility index (Phi) is 6.77. The second-order valence-corrected chi connectivity index (χ2v) is 3.76. The maximum atomic E-state index is 13.7. The van der Waals surface area contributed by atoms with Crippen molar-refractivity contribution in [2.24, 2.45) is 5.73 Å². The predicted octanol–water partition coefficient (Wildman–Crippen LogP) is 2.23. The third kappa shape index (κ3) is 4.81. The second kappa shape index (κ2) is 8.17. The molecule has 0 amide bonds. The van der Waals surface area contributed by atoms with Gasteiger partial charge in [-0.25, -0.2) is 4.39 Å². The molecule has 0 spiro atoms. The van der Waals surface area contributed by atoms with Crippen molar-refractivity contribution >= 4 is 0 Å². The molecule has 0 saturated heterocycles. The molecule has 17 heavy (non-hydrogen) atoms. The quantitative estimate of drug-likeness (QED) is 0.710. The summed E-state index contributed by atoms with van der Waals surface area (Å²) in [7, 11) is 0. The van der Waals surface area contributed by atoms with Gasteiger partial charge in [0.15, 0.2) is 0 Å². The molecule has 1 rings (SSSR count). The molecule has 0 aliphatic rings. The number of rotatable bonds is 8. The summed E-state index contributed by atoms with van der Waals surface area (Å²) in [5.41, 5.74) is 6.49. The van der Waals surface area contributed by atoms with Gasteiger partial charge in [-0.1, -0.05) is 25.1 Å². The summed E-state index contributed by atoms with van der Waals surface area (Å²) in [6, 6.07) is 5.18. The Hall–Kier alpha value is -0.970. The molecule has 96 valence electrons. The molecule has 0 aromatic heterocycles. The van der Waals surface area contributed by atoms with Crippen LogP contribution < -0.4 is 5.73 Å². The van der Waals surface area contributed by atoms with Crippen LogP contribution in [0.15, 0.2) is 18.2 Å². The lowest BCUT2D eigenvalue weighted by Gasteiger charge is -2.08. The minimum Gasteiger partial charge on any atom is -0.379 e. The van der Waals surface area contributed by atoms with Crippen LogP contribution >= 0.6 is 0 Å². The van der Waals surface area contributed by atoms with Crippen molar-refractivity contribution in [2.75, 3.05) is 19.8 Å². The number of halogens is 1. The van der Waals surface area contributed by atoms with Crippen LogP contribution in [0.1, 0.15) is 24.5 Å². The molecule has 2 N–H and O–H groups in total. The minimum absolute atomic E-state index is 0.208. The molecular weight excluding hydrogens is 221 g/mol. The summed E-state index contributed by atoms with van der Waals surface area (Å²) < 4.78 is 24.3. The summed E-state index contributed by atoms with van der Waals surface area (Å²) in [5.74, 6) is -0.260. The van der Waals surface area contributed by atoms with E-state index in [1.54, 1.807) is 18.2 Å². The maximum absolute atomic E-state index is 13.7. The largest absolute Gasteiger partial charge is 0.379 e. The summed E-state index contributed by atoms with van der Waals surface area (Å²) in [6.45, 7) is 4.28. The van der Waals surface area contributed by atoms with Gasteiger partial charge in [-0.3, -0.25) is 0 Å². The van der Waals surface area contributed by atoms with Gasteiger partial charge in [0.05, 0.1) is 19.8 Å². The Balaban J connectivity index is 2.31. The van der Waals surface area contributed by atoms with E-state index in [-0.39, 0.29) is 19.0 Å². The number of hydrogen-bond donors (Lipinski definition) is 1. The molecule has 1 aromatic carbocycles. The molecule has 3 nitrogen and oxygen atoms in total. The molecule has 1 aromatic rings. The topological polar surface area (TPSA) is 44.5 Å². The van der Waals surface area contributed by atoms with E-state index in [0.717, 1.165) is 13.0 Å². The van der Waals surface area contributed by atoms with Crippen LogP contribution in [0.3, 0.4) is 0 Å². The van der Waals surface area contributed by atoms with Crippen molar-refractivity contribution in [1.82, 2.24) is 0 Å². The zero-order valence-corrected chi connectivity index (χ0v) is 10.2. The lowest BCUT2D eigenvalue weighted by Crippen LogP contribution is -2.07. The molecule has 0 fully saturated rings. The van der Waals surface area contributed by atoms with E-state index in [1.165, 1.54) is 0 Å². The number of nitrogens with two attached hydrogens (primary N) is 1. The number of hydrogen-bond acceptors (Lipinski definition) is 3. The van der Waals surface area contributed by atoms with Crippen LogP contribution in [0.5, 0.6) is 0 Å². The Morgan fingerprint density at radius 2 is 1.82 bits per heavy atom. The van der Waals surface area contributed by atoms with Crippen molar-refractivity contribution in [3.8, 4) is 0 Å². The first-order valence-electron chi connectivity index (χ1n) is 5.91. The van der Waals surface area contributed by atoms with Gasteiger partial charge in [0, 0.05) is 24.3 Å². The fraction of sp³-hybridized carbons (Fsp3) is 0.538. The van der Waals surface area contributed by atoms with Gasteiger partial charge in [-0.15, -0.1) is 0 Å². The molecule has 4 heteroatoms. The summed E-state index contributed by atoms with van der Waals surface area (Å²) in [4.78, 5) is 0. The highest BCUT2D eigenvalue weighted by molar-refractivity contribution is 5.25. The van der Waals surface area contributed by atoms with Gasteiger partial charge in [-0.05, 0) is 6.42 Å². The first-order valence-corrected chi connectivity index (χ1v) is 5.91. The molecule has 0 unspecified atom stereocenters. The predicted molar refractivity (Wildman–Crippen MR) is 65.1 cm³/mol. The first kappa shape index (κ1) is 14.1. The van der Waals surface area contributed by atoms with Crippen molar-refractivity contribution < 1.29 is 13.9 Å². The molecular formula is C13H20FNO2. The summed E-state index contributed by atoms with van der Waals surface area (Å²) >= 11 is 0. The fourth-order valence-corrected chi connectivity index (χ4v) is 1.45. The van der Waals surface area contributed by atoms with Crippen LogP contribution in [0.25, 0.3) is 0 Å². The van der Waals surface area contributed by atoms with Crippen LogP contribution in [-0.4, -0.2) is 19.8 Å². The average molecular weight is 241 g/mol. The van der Waals surface area contributed by atoms with Crippen LogP contribution in [-0.2, 0) is 22.6 Å². The van der Waals surface area contributed by atoms with E-state index < -0.39 is 0 Å². The second-order valence-electron chi connectivity index (χ2n) is 3.76. The summed E-state index contributed by atoms with van der Waals surface area (Å²) in [5, 5.41) is 0. The molecule has 0 bridgehead atoms. The third-order valence-electron chi connectivity index (χ3n) is 2.36. The highest BCUT2D eigenvalue weighted by atomic mass is 19.1.